The molecule has 2 aromatic rings. The topological polar surface area (TPSA) is 77.0 Å². The average molecular weight is 555 g/mol. The molecule has 11 heteroatoms. The Morgan fingerprint density at radius 1 is 1.27 bits per heavy atom. The van der Waals surface area contributed by atoms with E-state index >= 15 is 0 Å². The van der Waals surface area contributed by atoms with Crippen LogP contribution in [0.25, 0.3) is 0 Å². The number of guanidine groups is 1. The van der Waals surface area contributed by atoms with Crippen molar-refractivity contribution in [3.8, 4) is 17.2 Å². The third-order valence-electron chi connectivity index (χ3n) is 4.02. The molecule has 1 aliphatic rings. The summed E-state index contributed by atoms with van der Waals surface area (Å²) in [4.78, 5) is 8.50. The zero-order chi connectivity index (χ0) is 20.6. The van der Waals surface area contributed by atoms with Crippen LogP contribution < -0.4 is 24.8 Å². The van der Waals surface area contributed by atoms with E-state index < -0.39 is 6.61 Å². The molecule has 0 fully saturated rings. The summed E-state index contributed by atoms with van der Waals surface area (Å²) in [5, 5.41) is 6.76. The summed E-state index contributed by atoms with van der Waals surface area (Å²) in [6.45, 7) is 0.410. The van der Waals surface area contributed by atoms with Crippen LogP contribution in [0.1, 0.15) is 18.1 Å². The van der Waals surface area contributed by atoms with Crippen molar-refractivity contribution in [2.75, 3.05) is 19.9 Å². The lowest BCUT2D eigenvalue weighted by atomic mass is 10.1. The molecule has 2 heterocycles. The number of nitrogens with zero attached hydrogens (tertiary/aromatic N) is 2. The second kappa shape index (κ2) is 11.9. The molecule has 3 rings (SSSR count). The van der Waals surface area contributed by atoms with Gasteiger partial charge in [0.05, 0.1) is 6.54 Å². The Labute approximate surface area is 195 Å². The monoisotopic (exact) mass is 554 g/mol. The summed E-state index contributed by atoms with van der Waals surface area (Å²) < 4.78 is 40.7. The number of pyridine rings is 1. The maximum Gasteiger partial charge on any atom is 0.387 e. The maximum atomic E-state index is 12.8. The molecule has 0 radical (unpaired) electrons. The van der Waals surface area contributed by atoms with E-state index in [2.05, 4.69) is 25.3 Å². The molecule has 0 aliphatic carbocycles. The summed E-state index contributed by atoms with van der Waals surface area (Å²) in [5.74, 6) is 1.41. The summed E-state index contributed by atoms with van der Waals surface area (Å²) in [6, 6.07) is 6.64. The number of hydrogen-bond donors (Lipinski definition) is 2. The van der Waals surface area contributed by atoms with Gasteiger partial charge in [0, 0.05) is 30.9 Å². The Morgan fingerprint density at radius 2 is 2.03 bits per heavy atom. The van der Waals surface area contributed by atoms with Crippen LogP contribution in [-0.4, -0.2) is 37.4 Å². The van der Waals surface area contributed by atoms with Crippen molar-refractivity contribution in [1.29, 1.82) is 0 Å². The van der Waals surface area contributed by atoms with Gasteiger partial charge in [0.15, 0.2) is 17.5 Å². The lowest BCUT2D eigenvalue weighted by Gasteiger charge is -2.13. The first-order valence-electron chi connectivity index (χ1n) is 9.05. The van der Waals surface area contributed by atoms with E-state index in [4.69, 9.17) is 21.1 Å². The van der Waals surface area contributed by atoms with Gasteiger partial charge in [-0.05, 0) is 31.0 Å². The lowest BCUT2D eigenvalue weighted by Crippen LogP contribution is -2.38. The largest absolute Gasteiger partial charge is 0.454 e. The molecule has 30 heavy (non-hydrogen) atoms. The molecule has 0 spiro atoms. The number of rotatable bonds is 8. The number of benzene rings is 1. The summed E-state index contributed by atoms with van der Waals surface area (Å²) >= 11 is 5.79. The first-order chi connectivity index (χ1) is 14.0. The van der Waals surface area contributed by atoms with Crippen LogP contribution in [-0.2, 0) is 13.0 Å². The van der Waals surface area contributed by atoms with Gasteiger partial charge in [0.25, 0.3) is 0 Å². The van der Waals surface area contributed by atoms with E-state index in [1.165, 1.54) is 6.07 Å². The lowest BCUT2D eigenvalue weighted by molar-refractivity contribution is -0.0505. The molecule has 0 saturated carbocycles. The van der Waals surface area contributed by atoms with Gasteiger partial charge in [-0.1, -0.05) is 17.7 Å². The van der Waals surface area contributed by atoms with Crippen LogP contribution in [0.2, 0.25) is 5.15 Å². The maximum absolute atomic E-state index is 12.8. The number of alkyl halides is 2. The van der Waals surface area contributed by atoms with Crippen LogP contribution in [0.15, 0.2) is 35.5 Å². The first kappa shape index (κ1) is 24.2. The first-order valence-corrected chi connectivity index (χ1v) is 9.43. The van der Waals surface area contributed by atoms with Crippen molar-refractivity contribution in [2.24, 2.45) is 4.99 Å². The Balaban J connectivity index is 0.00000320. The number of fused-ring (bicyclic) bond motifs is 1. The molecule has 1 aromatic heterocycles. The molecule has 0 amide bonds. The molecule has 1 aliphatic heterocycles. The smallest absolute Gasteiger partial charge is 0.387 e. The molecular formula is C19H22ClF2IN4O3. The van der Waals surface area contributed by atoms with Crippen LogP contribution in [0, 0.1) is 0 Å². The predicted molar refractivity (Wildman–Crippen MR) is 120 cm³/mol. The van der Waals surface area contributed by atoms with Gasteiger partial charge in [0.1, 0.15) is 10.9 Å². The second-order valence-electron chi connectivity index (χ2n) is 6.05. The van der Waals surface area contributed by atoms with E-state index in [1.54, 1.807) is 18.3 Å². The molecule has 0 saturated heterocycles. The van der Waals surface area contributed by atoms with Gasteiger partial charge in [-0.15, -0.1) is 24.0 Å². The Hall–Kier alpha value is -2.08. The third kappa shape index (κ3) is 7.01. The predicted octanol–water partition coefficient (Wildman–Crippen LogP) is 3.98. The fourth-order valence-electron chi connectivity index (χ4n) is 2.68. The summed E-state index contributed by atoms with van der Waals surface area (Å²) in [6.07, 6.45) is 2.44. The van der Waals surface area contributed by atoms with Crippen LogP contribution in [0.3, 0.4) is 0 Å². The van der Waals surface area contributed by atoms with E-state index in [0.717, 1.165) is 12.0 Å². The fraction of sp³-hybridized carbons (Fsp3) is 0.368. The van der Waals surface area contributed by atoms with Gasteiger partial charge >= 0.3 is 6.61 Å². The number of nitrogens with one attached hydrogen (secondary N) is 2. The third-order valence-corrected chi connectivity index (χ3v) is 4.24. The molecule has 0 unspecified atom stereocenters. The standard InChI is InChI=1S/C19H21ClF2N4O3.HI/c1-2-23-19(24-6-5-12-3-4-17(20)25-9-12)26-10-13-7-15-16(28-11-27-15)8-14(13)29-18(21)22;/h3-4,7-9,18H,2,5-6,10-11H2,1H3,(H2,23,24,26);1H. The van der Waals surface area contributed by atoms with Gasteiger partial charge in [-0.2, -0.15) is 8.78 Å². The number of aromatic nitrogens is 1. The molecule has 0 atom stereocenters. The zero-order valence-corrected chi connectivity index (χ0v) is 19.2. The fourth-order valence-corrected chi connectivity index (χ4v) is 2.79. The highest BCUT2D eigenvalue weighted by Gasteiger charge is 2.20. The van der Waals surface area contributed by atoms with Gasteiger partial charge < -0.3 is 24.8 Å². The van der Waals surface area contributed by atoms with Gasteiger partial charge in [-0.25, -0.2) is 9.98 Å². The van der Waals surface area contributed by atoms with Crippen molar-refractivity contribution < 1.29 is 23.0 Å². The van der Waals surface area contributed by atoms with Crippen molar-refractivity contribution >= 4 is 41.5 Å². The Morgan fingerprint density at radius 3 is 2.70 bits per heavy atom. The summed E-state index contributed by atoms with van der Waals surface area (Å²) in [7, 11) is 0. The number of ether oxygens (including phenoxy) is 3. The van der Waals surface area contributed by atoms with Crippen molar-refractivity contribution in [3.05, 3.63) is 46.7 Å². The van der Waals surface area contributed by atoms with Crippen molar-refractivity contribution in [3.63, 3.8) is 0 Å². The van der Waals surface area contributed by atoms with E-state index in [9.17, 15) is 8.78 Å². The van der Waals surface area contributed by atoms with E-state index in [0.29, 0.717) is 41.3 Å². The minimum Gasteiger partial charge on any atom is -0.454 e. The minimum atomic E-state index is -2.95. The van der Waals surface area contributed by atoms with Gasteiger partial charge in [-0.3, -0.25) is 0 Å². The van der Waals surface area contributed by atoms with Crippen molar-refractivity contribution in [2.45, 2.75) is 26.5 Å². The Bertz CT molecular complexity index is 856. The molecule has 7 nitrogen and oxygen atoms in total. The zero-order valence-electron chi connectivity index (χ0n) is 16.2. The minimum absolute atomic E-state index is 0. The molecule has 1 aromatic carbocycles. The van der Waals surface area contributed by atoms with E-state index in [-0.39, 0.29) is 43.1 Å². The second-order valence-corrected chi connectivity index (χ2v) is 6.44. The number of aliphatic imine (C=N–C) groups is 1. The van der Waals surface area contributed by atoms with Crippen molar-refractivity contribution in [1.82, 2.24) is 15.6 Å². The highest BCUT2D eigenvalue weighted by Crippen LogP contribution is 2.39. The summed E-state index contributed by atoms with van der Waals surface area (Å²) in [5.41, 5.74) is 1.50. The molecule has 2 N–H and O–H groups in total. The highest BCUT2D eigenvalue weighted by molar-refractivity contribution is 14.0. The van der Waals surface area contributed by atoms with Crippen LogP contribution in [0.5, 0.6) is 17.2 Å². The molecule has 0 bridgehead atoms. The average Bonchev–Trinajstić information content (AvgIpc) is 3.14. The normalized spacial score (nSPS) is 12.5. The number of hydrogen-bond acceptors (Lipinski definition) is 5. The molecular weight excluding hydrogens is 533 g/mol. The van der Waals surface area contributed by atoms with E-state index in [1.807, 2.05) is 13.0 Å². The number of halogens is 4. The van der Waals surface area contributed by atoms with Crippen LogP contribution >= 0.6 is 35.6 Å². The SMILES string of the molecule is CCNC(=NCc1cc2c(cc1OC(F)F)OCO2)NCCc1ccc(Cl)nc1.I. The highest BCUT2D eigenvalue weighted by atomic mass is 127. The Kier molecular flexibility index (Phi) is 9.63. The molecule has 164 valence electrons. The van der Waals surface area contributed by atoms with Gasteiger partial charge in [0.2, 0.25) is 6.79 Å². The quantitative estimate of drug-likeness (QED) is 0.223. The van der Waals surface area contributed by atoms with Crippen LogP contribution in [0.4, 0.5) is 8.78 Å².